The van der Waals surface area contributed by atoms with E-state index in [4.69, 9.17) is 5.11 Å². The lowest BCUT2D eigenvalue weighted by atomic mass is 10.1. The Kier molecular flexibility index (Phi) is 7.47. The summed E-state index contributed by atoms with van der Waals surface area (Å²) in [4.78, 5) is 10.2. The molecule has 1 atom stereocenters. The van der Waals surface area contributed by atoms with Gasteiger partial charge in [0, 0.05) is 24.9 Å². The molecule has 4 heteroatoms. The summed E-state index contributed by atoms with van der Waals surface area (Å²) in [5.41, 5.74) is 0. The molecule has 1 aliphatic rings. The first-order valence-electron chi connectivity index (χ1n) is 4.29. The summed E-state index contributed by atoms with van der Waals surface area (Å²) in [6.45, 7) is 0. The molecule has 1 aliphatic heterocycles. The molecule has 1 N–H and O–H groups in total. The average molecular weight is 221 g/mol. The molecule has 0 radical (unpaired) electrons. The highest BCUT2D eigenvalue weighted by atomic mass is 33.1. The number of unbranched alkanes of at least 4 members (excludes halogenated alkanes) is 1. The van der Waals surface area contributed by atoms with Gasteiger partial charge in [0.05, 0.1) is 0 Å². The minimum absolute atomic E-state index is 0. The van der Waals surface area contributed by atoms with Gasteiger partial charge in [0.1, 0.15) is 0 Å². The van der Waals surface area contributed by atoms with Crippen LogP contribution in [0.4, 0.5) is 0 Å². The molecular weight excluding hydrogens is 204 g/mol. The highest BCUT2D eigenvalue weighted by molar-refractivity contribution is 8.77. The SMILES string of the molecule is O=C(O)CCCC[C@@H]1CCSS1.[CH3+]. The van der Waals surface area contributed by atoms with Crippen LogP contribution in [0.2, 0.25) is 0 Å². The minimum Gasteiger partial charge on any atom is -0.481 e. The number of hydrogen-bond donors (Lipinski definition) is 1. The molecule has 0 unspecified atom stereocenters. The number of aliphatic carboxylic acids is 1. The van der Waals surface area contributed by atoms with E-state index in [1.54, 1.807) is 0 Å². The van der Waals surface area contributed by atoms with Crippen LogP contribution in [0.1, 0.15) is 32.1 Å². The van der Waals surface area contributed by atoms with Crippen molar-refractivity contribution in [2.24, 2.45) is 0 Å². The van der Waals surface area contributed by atoms with Crippen LogP contribution < -0.4 is 0 Å². The van der Waals surface area contributed by atoms with Gasteiger partial charge < -0.3 is 5.11 Å². The van der Waals surface area contributed by atoms with Crippen LogP contribution in [0, 0.1) is 7.43 Å². The zero-order valence-corrected chi connectivity index (χ0v) is 9.62. The number of rotatable bonds is 5. The Labute approximate surface area is 88.3 Å². The number of carbonyl (C=O) groups is 1. The van der Waals surface area contributed by atoms with Gasteiger partial charge in [0.2, 0.25) is 0 Å². The molecule has 0 spiro atoms. The highest BCUT2D eigenvalue weighted by Crippen LogP contribution is 2.39. The maximum atomic E-state index is 10.2. The van der Waals surface area contributed by atoms with Crippen molar-refractivity contribution in [3.8, 4) is 0 Å². The van der Waals surface area contributed by atoms with Crippen molar-refractivity contribution >= 4 is 27.6 Å². The smallest absolute Gasteiger partial charge is 0.303 e. The predicted octanol–water partition coefficient (Wildman–Crippen LogP) is 3.24. The quantitative estimate of drug-likeness (QED) is 0.439. The first-order chi connectivity index (χ1) is 5.79. The van der Waals surface area contributed by atoms with Crippen molar-refractivity contribution in [2.45, 2.75) is 37.4 Å². The topological polar surface area (TPSA) is 37.3 Å². The van der Waals surface area contributed by atoms with E-state index in [1.165, 1.54) is 18.6 Å². The van der Waals surface area contributed by atoms with Gasteiger partial charge in [-0.1, -0.05) is 28.0 Å². The maximum absolute atomic E-state index is 10.2. The lowest BCUT2D eigenvalue weighted by molar-refractivity contribution is -0.137. The Morgan fingerprint density at radius 2 is 2.23 bits per heavy atom. The number of hydrogen-bond acceptors (Lipinski definition) is 3. The zero-order chi connectivity index (χ0) is 8.81. The fourth-order valence-electron chi connectivity index (χ4n) is 1.21. The van der Waals surface area contributed by atoms with Crippen molar-refractivity contribution in [1.82, 2.24) is 0 Å². The molecule has 1 saturated heterocycles. The van der Waals surface area contributed by atoms with Crippen LogP contribution in [0.15, 0.2) is 0 Å². The van der Waals surface area contributed by atoms with Crippen LogP contribution in [-0.2, 0) is 4.79 Å². The van der Waals surface area contributed by atoms with Gasteiger partial charge >= 0.3 is 5.97 Å². The number of carboxylic acids is 1. The van der Waals surface area contributed by atoms with E-state index in [2.05, 4.69) is 0 Å². The lowest BCUT2D eigenvalue weighted by Crippen LogP contribution is -1.99. The van der Waals surface area contributed by atoms with Crippen LogP contribution in [0.3, 0.4) is 0 Å². The van der Waals surface area contributed by atoms with E-state index < -0.39 is 5.97 Å². The Balaban J connectivity index is 0.00000144. The van der Waals surface area contributed by atoms with Crippen LogP contribution in [0.5, 0.6) is 0 Å². The molecule has 2 nitrogen and oxygen atoms in total. The molecule has 0 saturated carbocycles. The molecule has 76 valence electrons. The van der Waals surface area contributed by atoms with Crippen LogP contribution >= 0.6 is 21.6 Å². The third-order valence-corrected chi connectivity index (χ3v) is 4.90. The van der Waals surface area contributed by atoms with Gasteiger partial charge in [-0.2, -0.15) is 0 Å². The Bertz CT molecular complexity index is 145. The van der Waals surface area contributed by atoms with Crippen molar-refractivity contribution in [1.29, 1.82) is 0 Å². The second-order valence-corrected chi connectivity index (χ2v) is 5.76. The molecule has 0 aliphatic carbocycles. The first-order valence-corrected chi connectivity index (χ1v) is 6.67. The van der Waals surface area contributed by atoms with Crippen molar-refractivity contribution < 1.29 is 9.90 Å². The van der Waals surface area contributed by atoms with E-state index in [1.807, 2.05) is 21.6 Å². The normalized spacial score (nSPS) is 21.1. The van der Waals surface area contributed by atoms with E-state index >= 15 is 0 Å². The first kappa shape index (κ1) is 13.0. The van der Waals surface area contributed by atoms with Gasteiger partial charge in [0.15, 0.2) is 0 Å². The third kappa shape index (κ3) is 6.16. The molecule has 0 amide bonds. The van der Waals surface area contributed by atoms with E-state index in [0.29, 0.717) is 6.42 Å². The second kappa shape index (κ2) is 7.44. The molecule has 0 aromatic carbocycles. The van der Waals surface area contributed by atoms with Gasteiger partial charge in [-0.05, 0) is 19.3 Å². The fraction of sp³-hybridized carbons (Fsp3) is 0.778. The summed E-state index contributed by atoms with van der Waals surface area (Å²) in [7, 11) is 3.92. The molecule has 1 rings (SSSR count). The second-order valence-electron chi connectivity index (χ2n) is 2.97. The summed E-state index contributed by atoms with van der Waals surface area (Å²) in [6, 6.07) is 0. The molecule has 0 aromatic rings. The predicted molar refractivity (Wildman–Crippen MR) is 61.0 cm³/mol. The summed E-state index contributed by atoms with van der Waals surface area (Å²) in [5, 5.41) is 9.19. The minimum atomic E-state index is -0.663. The zero-order valence-electron chi connectivity index (χ0n) is 7.99. The molecule has 0 bridgehead atoms. The average Bonchev–Trinajstić information content (AvgIpc) is 2.49. The fourth-order valence-corrected chi connectivity index (χ4v) is 4.24. The Hall–Kier alpha value is 0.0400. The monoisotopic (exact) mass is 221 g/mol. The van der Waals surface area contributed by atoms with Crippen molar-refractivity contribution in [3.05, 3.63) is 7.43 Å². The highest BCUT2D eigenvalue weighted by Gasteiger charge is 2.15. The summed E-state index contributed by atoms with van der Waals surface area (Å²) in [6.07, 6.45) is 4.76. The van der Waals surface area contributed by atoms with Crippen molar-refractivity contribution in [3.63, 3.8) is 0 Å². The summed E-state index contributed by atoms with van der Waals surface area (Å²) < 4.78 is 0. The van der Waals surface area contributed by atoms with E-state index in [-0.39, 0.29) is 7.43 Å². The summed E-state index contributed by atoms with van der Waals surface area (Å²) in [5.74, 6) is 0.609. The Morgan fingerprint density at radius 1 is 1.46 bits per heavy atom. The van der Waals surface area contributed by atoms with Gasteiger partial charge in [0.25, 0.3) is 0 Å². The van der Waals surface area contributed by atoms with E-state index in [0.717, 1.165) is 18.1 Å². The third-order valence-electron chi connectivity index (χ3n) is 1.89. The maximum Gasteiger partial charge on any atom is 0.303 e. The lowest BCUT2D eigenvalue weighted by Gasteiger charge is -2.04. The molecule has 1 heterocycles. The van der Waals surface area contributed by atoms with Crippen molar-refractivity contribution in [2.75, 3.05) is 5.75 Å². The number of carboxylic acid groups (broad SMARTS) is 1. The van der Waals surface area contributed by atoms with E-state index in [9.17, 15) is 4.79 Å². The van der Waals surface area contributed by atoms with Crippen LogP contribution in [-0.4, -0.2) is 22.1 Å². The molecule has 1 fully saturated rings. The molecular formula is C9H17O2S2+. The largest absolute Gasteiger partial charge is 0.481 e. The van der Waals surface area contributed by atoms with Gasteiger partial charge in [-0.15, -0.1) is 0 Å². The molecule has 13 heavy (non-hydrogen) atoms. The van der Waals surface area contributed by atoms with Crippen LogP contribution in [0.25, 0.3) is 0 Å². The summed E-state index contributed by atoms with van der Waals surface area (Å²) >= 11 is 0. The van der Waals surface area contributed by atoms with Gasteiger partial charge in [-0.3, -0.25) is 4.79 Å². The van der Waals surface area contributed by atoms with Gasteiger partial charge in [-0.25, -0.2) is 0 Å². The molecule has 0 aromatic heterocycles. The standard InChI is InChI=1S/C8H14O2S2.CH3/c9-8(10)4-2-1-3-7-5-6-11-12-7;/h7H,1-6H2,(H,9,10);1H3/q;+1/t7-;/m1./s1. The Morgan fingerprint density at radius 3 is 2.77 bits per heavy atom.